The first-order chi connectivity index (χ1) is 12.9. The lowest BCUT2D eigenvalue weighted by atomic mass is 10.0. The van der Waals surface area contributed by atoms with Crippen molar-refractivity contribution >= 4 is 34.6 Å². The lowest BCUT2D eigenvalue weighted by Crippen LogP contribution is -2.31. The van der Waals surface area contributed by atoms with Crippen molar-refractivity contribution in [2.45, 2.75) is 12.8 Å². The highest BCUT2D eigenvalue weighted by Crippen LogP contribution is 2.24. The Balaban J connectivity index is 2.00. The van der Waals surface area contributed by atoms with Crippen LogP contribution in [0.15, 0.2) is 53.3 Å². The van der Waals surface area contributed by atoms with Crippen molar-refractivity contribution < 1.29 is 4.92 Å². The highest BCUT2D eigenvalue weighted by molar-refractivity contribution is 7.80. The van der Waals surface area contributed by atoms with Crippen LogP contribution in [0, 0.1) is 10.1 Å². The first-order valence-corrected chi connectivity index (χ1v) is 8.78. The molecule has 0 bridgehead atoms. The fourth-order valence-electron chi connectivity index (χ4n) is 2.81. The van der Waals surface area contributed by atoms with E-state index in [0.29, 0.717) is 34.7 Å². The van der Waals surface area contributed by atoms with Crippen molar-refractivity contribution in [2.24, 2.45) is 5.73 Å². The maximum Gasteiger partial charge on any atom is 0.277 e. The smallest absolute Gasteiger partial charge is 0.277 e. The number of rotatable bonds is 5. The Morgan fingerprint density at radius 3 is 2.52 bits per heavy atom. The number of aromatic amines is 1. The van der Waals surface area contributed by atoms with E-state index >= 15 is 0 Å². The van der Waals surface area contributed by atoms with E-state index in [2.05, 4.69) is 5.10 Å². The van der Waals surface area contributed by atoms with Gasteiger partial charge in [-0.3, -0.25) is 20.0 Å². The van der Waals surface area contributed by atoms with Crippen molar-refractivity contribution in [3.8, 4) is 11.3 Å². The highest BCUT2D eigenvalue weighted by atomic mass is 35.5. The number of nitro benzene ring substituents is 1. The molecule has 0 aliphatic heterocycles. The average Bonchev–Trinajstić information content (AvgIpc) is 2.97. The summed E-state index contributed by atoms with van der Waals surface area (Å²) in [5.74, 6) is 0. The van der Waals surface area contributed by atoms with Gasteiger partial charge in [0, 0.05) is 28.3 Å². The molecule has 0 saturated carbocycles. The topological polar surface area (TPSA) is 107 Å². The zero-order valence-electron chi connectivity index (χ0n) is 14.0. The van der Waals surface area contributed by atoms with E-state index in [4.69, 9.17) is 29.6 Å². The third kappa shape index (κ3) is 4.07. The van der Waals surface area contributed by atoms with Gasteiger partial charge in [0.05, 0.1) is 10.6 Å². The van der Waals surface area contributed by atoms with Gasteiger partial charge >= 0.3 is 0 Å². The van der Waals surface area contributed by atoms with E-state index in [1.807, 2.05) is 18.2 Å². The van der Waals surface area contributed by atoms with Crippen LogP contribution < -0.4 is 11.3 Å². The van der Waals surface area contributed by atoms with Crippen molar-refractivity contribution in [2.75, 3.05) is 0 Å². The number of aromatic nitrogens is 2. The molecule has 0 saturated heterocycles. The van der Waals surface area contributed by atoms with E-state index in [0.717, 1.165) is 10.2 Å². The van der Waals surface area contributed by atoms with Crippen LogP contribution in [0.3, 0.4) is 0 Å². The second-order valence-corrected chi connectivity index (χ2v) is 6.73. The van der Waals surface area contributed by atoms with Gasteiger partial charge in [0.1, 0.15) is 0 Å². The number of benzene rings is 2. The Morgan fingerprint density at radius 2 is 1.93 bits per heavy atom. The number of non-ortho nitro benzene ring substituents is 1. The number of hydrogen-bond donors (Lipinski definition) is 2. The maximum absolute atomic E-state index is 12.7. The van der Waals surface area contributed by atoms with Gasteiger partial charge in [-0.1, -0.05) is 23.7 Å². The molecule has 3 rings (SSSR count). The molecule has 0 radical (unpaired) electrons. The summed E-state index contributed by atoms with van der Waals surface area (Å²) in [5, 5.41) is 14.3. The van der Waals surface area contributed by atoms with Crippen LogP contribution in [0.25, 0.3) is 11.3 Å². The van der Waals surface area contributed by atoms with Crippen LogP contribution in [-0.4, -0.2) is 19.8 Å². The molecule has 9 heteroatoms. The molecular weight excluding hydrogens is 388 g/mol. The number of nitro groups is 1. The summed E-state index contributed by atoms with van der Waals surface area (Å²) in [5.41, 5.74) is 7.90. The molecule has 3 aromatic rings. The van der Waals surface area contributed by atoms with E-state index in [-0.39, 0.29) is 16.4 Å². The molecule has 1 aromatic heterocycles. The molecule has 27 heavy (non-hydrogen) atoms. The summed E-state index contributed by atoms with van der Waals surface area (Å²) in [6, 6.07) is 13.3. The Morgan fingerprint density at radius 1 is 1.22 bits per heavy atom. The minimum Gasteiger partial charge on any atom is -0.374 e. The standard InChI is InChI=1S/C18H15ClN4O3S/c19-13-3-1-2-11(10-13)4-9-15-16(21-22(17(15)24)18(20)27)12-5-7-14(8-6-12)23(25)26/h1-3,5-8,10,21H,4,9H2,(H2,20,27). The third-order valence-electron chi connectivity index (χ3n) is 4.13. The first kappa shape index (κ1) is 18.8. The van der Waals surface area contributed by atoms with Gasteiger partial charge in [0.15, 0.2) is 5.11 Å². The summed E-state index contributed by atoms with van der Waals surface area (Å²) < 4.78 is 1.10. The minimum atomic E-state index is -0.479. The van der Waals surface area contributed by atoms with Crippen LogP contribution in [0.1, 0.15) is 11.1 Å². The predicted octanol–water partition coefficient (Wildman–Crippen LogP) is 3.28. The molecule has 0 amide bonds. The quantitative estimate of drug-likeness (QED) is 0.387. The summed E-state index contributed by atoms with van der Waals surface area (Å²) in [7, 11) is 0. The molecule has 7 nitrogen and oxygen atoms in total. The lowest BCUT2D eigenvalue weighted by Gasteiger charge is -2.04. The Kier molecular flexibility index (Phi) is 5.38. The van der Waals surface area contributed by atoms with E-state index in [1.54, 1.807) is 18.2 Å². The predicted molar refractivity (Wildman–Crippen MR) is 108 cm³/mol. The third-order valence-corrected chi connectivity index (χ3v) is 4.54. The van der Waals surface area contributed by atoms with Crippen molar-refractivity contribution in [3.05, 3.63) is 85.1 Å². The second kappa shape index (κ2) is 7.73. The Bertz CT molecular complexity index is 1070. The minimum absolute atomic E-state index is 0.0321. The number of halogens is 1. The van der Waals surface area contributed by atoms with Crippen molar-refractivity contribution in [3.63, 3.8) is 0 Å². The summed E-state index contributed by atoms with van der Waals surface area (Å²) in [4.78, 5) is 23.1. The summed E-state index contributed by atoms with van der Waals surface area (Å²) in [6.07, 6.45) is 1.02. The monoisotopic (exact) mass is 402 g/mol. The molecule has 1 heterocycles. The molecular formula is C18H15ClN4O3S. The van der Waals surface area contributed by atoms with Gasteiger partial charge in [-0.05, 0) is 54.9 Å². The van der Waals surface area contributed by atoms with E-state index in [1.165, 1.54) is 12.1 Å². The summed E-state index contributed by atoms with van der Waals surface area (Å²) in [6.45, 7) is 0. The highest BCUT2D eigenvalue weighted by Gasteiger charge is 2.18. The normalized spacial score (nSPS) is 10.7. The maximum atomic E-state index is 12.7. The average molecular weight is 403 g/mol. The van der Waals surface area contributed by atoms with Gasteiger partial charge in [0.25, 0.3) is 11.2 Å². The molecule has 0 aliphatic carbocycles. The van der Waals surface area contributed by atoms with E-state index < -0.39 is 4.92 Å². The van der Waals surface area contributed by atoms with Crippen LogP contribution in [0.5, 0.6) is 0 Å². The number of nitrogens with two attached hydrogens (primary N) is 1. The zero-order valence-corrected chi connectivity index (χ0v) is 15.6. The molecule has 138 valence electrons. The fourth-order valence-corrected chi connectivity index (χ4v) is 3.15. The molecule has 0 aliphatic rings. The number of nitrogens with one attached hydrogen (secondary N) is 1. The first-order valence-electron chi connectivity index (χ1n) is 8.00. The van der Waals surface area contributed by atoms with Crippen LogP contribution in [0.4, 0.5) is 5.69 Å². The van der Waals surface area contributed by atoms with Gasteiger partial charge in [0.2, 0.25) is 0 Å². The number of hydrogen-bond acceptors (Lipinski definition) is 4. The molecule has 0 unspecified atom stereocenters. The van der Waals surface area contributed by atoms with Crippen LogP contribution >= 0.6 is 23.8 Å². The molecule has 0 atom stereocenters. The van der Waals surface area contributed by atoms with Crippen LogP contribution in [-0.2, 0) is 12.8 Å². The SMILES string of the molecule is NC(=S)n1[nH]c(-c2ccc([N+](=O)[O-])cc2)c(CCc2cccc(Cl)c2)c1=O. The largest absolute Gasteiger partial charge is 0.374 e. The lowest BCUT2D eigenvalue weighted by molar-refractivity contribution is -0.384. The van der Waals surface area contributed by atoms with Gasteiger partial charge in [-0.25, -0.2) is 0 Å². The van der Waals surface area contributed by atoms with Gasteiger partial charge in [-0.15, -0.1) is 0 Å². The Labute approximate surface area is 164 Å². The van der Waals surface area contributed by atoms with Crippen LogP contribution in [0.2, 0.25) is 5.02 Å². The van der Waals surface area contributed by atoms with Crippen molar-refractivity contribution in [1.82, 2.24) is 9.78 Å². The summed E-state index contributed by atoms with van der Waals surface area (Å²) >= 11 is 10.9. The Hall–Kier alpha value is -2.97. The zero-order chi connectivity index (χ0) is 19.6. The number of aryl methyl sites for hydroxylation is 1. The second-order valence-electron chi connectivity index (χ2n) is 5.88. The fraction of sp³-hybridized carbons (Fsp3) is 0.111. The molecule has 3 N–H and O–H groups in total. The number of H-pyrrole nitrogens is 1. The number of thiocarbonyl (C=S) groups is 1. The van der Waals surface area contributed by atoms with Crippen molar-refractivity contribution in [1.29, 1.82) is 0 Å². The molecule has 0 fully saturated rings. The molecule has 0 spiro atoms. The molecule has 2 aromatic carbocycles. The van der Waals surface area contributed by atoms with E-state index in [9.17, 15) is 14.9 Å². The number of nitrogens with zero attached hydrogens (tertiary/aromatic N) is 2. The van der Waals surface area contributed by atoms with Gasteiger partial charge < -0.3 is 5.73 Å². The van der Waals surface area contributed by atoms with Gasteiger partial charge in [-0.2, -0.15) is 4.68 Å².